The Morgan fingerprint density at radius 2 is 1.83 bits per heavy atom. The molecule has 0 saturated carbocycles. The van der Waals surface area contributed by atoms with Crippen molar-refractivity contribution in [1.29, 1.82) is 0 Å². The van der Waals surface area contributed by atoms with Gasteiger partial charge in [0.05, 0.1) is 5.56 Å². The van der Waals surface area contributed by atoms with Crippen LogP contribution in [0.2, 0.25) is 0 Å². The molecule has 7 nitrogen and oxygen atoms in total. The number of H-pyrrole nitrogens is 3. The molecular weight excluding hydrogens is 301 g/mol. The first-order valence-electron chi connectivity index (χ1n) is 6.98. The summed E-state index contributed by atoms with van der Waals surface area (Å²) < 4.78 is 13.3. The molecule has 0 saturated heterocycles. The molecule has 8 heteroatoms. The van der Waals surface area contributed by atoms with Gasteiger partial charge < -0.3 is 5.32 Å². The lowest BCUT2D eigenvalue weighted by Crippen LogP contribution is -2.31. The lowest BCUT2D eigenvalue weighted by atomic mass is 9.83. The van der Waals surface area contributed by atoms with Crippen LogP contribution in [0.3, 0.4) is 0 Å². The molecule has 0 amide bonds. The van der Waals surface area contributed by atoms with Crippen LogP contribution in [0.25, 0.3) is 0 Å². The molecule has 0 radical (unpaired) electrons. The Balaban J connectivity index is 2.04. The number of benzene rings is 1. The minimum Gasteiger partial charge on any atom is -0.324 e. The Bertz CT molecular complexity index is 1020. The number of anilines is 2. The topological polar surface area (TPSA) is 106 Å². The highest BCUT2D eigenvalue weighted by Crippen LogP contribution is 2.42. The van der Waals surface area contributed by atoms with Crippen LogP contribution in [0.15, 0.2) is 33.9 Å². The van der Waals surface area contributed by atoms with Crippen LogP contribution in [0.1, 0.15) is 28.3 Å². The van der Waals surface area contributed by atoms with Crippen LogP contribution in [-0.2, 0) is 0 Å². The maximum atomic E-state index is 13.3. The number of aryl methyl sites for hydroxylation is 1. The largest absolute Gasteiger partial charge is 0.327 e. The van der Waals surface area contributed by atoms with E-state index in [-0.39, 0.29) is 5.82 Å². The van der Waals surface area contributed by atoms with Crippen LogP contribution in [0.4, 0.5) is 16.0 Å². The molecule has 0 fully saturated rings. The molecule has 2 aromatic heterocycles. The van der Waals surface area contributed by atoms with Crippen molar-refractivity contribution in [2.75, 3.05) is 5.32 Å². The second-order valence-corrected chi connectivity index (χ2v) is 5.42. The highest BCUT2D eigenvalue weighted by Gasteiger charge is 2.33. The third kappa shape index (κ3) is 1.99. The van der Waals surface area contributed by atoms with Gasteiger partial charge in [0, 0.05) is 17.2 Å². The van der Waals surface area contributed by atoms with E-state index in [1.54, 1.807) is 12.1 Å². The monoisotopic (exact) mass is 313 g/mol. The van der Waals surface area contributed by atoms with Crippen molar-refractivity contribution in [2.45, 2.75) is 12.8 Å². The SMILES string of the molecule is Cc1[nH]nc2c1[C@@H](c1ccc(F)cc1)c1c([nH]c(=O)[nH]c1=O)N2. The Morgan fingerprint density at radius 1 is 1.09 bits per heavy atom. The summed E-state index contributed by atoms with van der Waals surface area (Å²) in [5.41, 5.74) is 1.59. The number of aromatic nitrogens is 4. The first-order valence-corrected chi connectivity index (χ1v) is 6.98. The Morgan fingerprint density at radius 3 is 2.57 bits per heavy atom. The molecule has 3 aromatic rings. The number of fused-ring (bicyclic) bond motifs is 2. The van der Waals surface area contributed by atoms with Gasteiger partial charge in [-0.25, -0.2) is 9.18 Å². The number of halogens is 1. The molecule has 1 atom stereocenters. The predicted molar refractivity (Wildman–Crippen MR) is 81.6 cm³/mol. The van der Waals surface area contributed by atoms with E-state index in [2.05, 4.69) is 25.5 Å². The maximum Gasteiger partial charge on any atom is 0.327 e. The zero-order valence-electron chi connectivity index (χ0n) is 12.0. The molecule has 0 aliphatic carbocycles. The van der Waals surface area contributed by atoms with Gasteiger partial charge in [-0.05, 0) is 24.6 Å². The molecule has 1 aliphatic heterocycles. The molecule has 23 heavy (non-hydrogen) atoms. The van der Waals surface area contributed by atoms with Crippen molar-refractivity contribution in [3.05, 3.63) is 73.3 Å². The normalized spacial score (nSPS) is 15.7. The predicted octanol–water partition coefficient (Wildman–Crippen LogP) is 1.47. The Kier molecular flexibility index (Phi) is 2.74. The van der Waals surface area contributed by atoms with E-state index >= 15 is 0 Å². The minimum absolute atomic E-state index is 0.298. The third-order valence-corrected chi connectivity index (χ3v) is 4.00. The number of nitrogens with zero attached hydrogens (tertiary/aromatic N) is 1. The first kappa shape index (κ1) is 13.5. The van der Waals surface area contributed by atoms with Crippen molar-refractivity contribution >= 4 is 11.6 Å². The summed E-state index contributed by atoms with van der Waals surface area (Å²) >= 11 is 0. The smallest absolute Gasteiger partial charge is 0.324 e. The summed E-state index contributed by atoms with van der Waals surface area (Å²) in [7, 11) is 0. The number of hydrogen-bond donors (Lipinski definition) is 4. The van der Waals surface area contributed by atoms with Crippen molar-refractivity contribution in [1.82, 2.24) is 20.2 Å². The summed E-state index contributed by atoms with van der Waals surface area (Å²) in [6.45, 7) is 1.84. The van der Waals surface area contributed by atoms with Crippen molar-refractivity contribution in [2.24, 2.45) is 0 Å². The molecule has 0 bridgehead atoms. The van der Waals surface area contributed by atoms with E-state index < -0.39 is 17.2 Å². The third-order valence-electron chi connectivity index (χ3n) is 4.00. The molecule has 116 valence electrons. The standard InChI is InChI=1S/C15H12FN5O2/c1-6-9-10(7-2-4-8(16)5-3-7)11-12(17-13(9)21-20-6)18-15(23)19-14(11)22/h2-5,10H,1H3,(H4,17,18,19,20,21,22,23)/t10-/m1/s1. The zero-order valence-corrected chi connectivity index (χ0v) is 12.0. The quantitative estimate of drug-likeness (QED) is 0.427. The summed E-state index contributed by atoms with van der Waals surface area (Å²) in [5, 5.41) is 9.99. The number of rotatable bonds is 1. The van der Waals surface area contributed by atoms with E-state index in [0.29, 0.717) is 17.2 Å². The molecule has 1 aliphatic rings. The highest BCUT2D eigenvalue weighted by atomic mass is 19.1. The van der Waals surface area contributed by atoms with Gasteiger partial charge in [-0.15, -0.1) is 0 Å². The fourth-order valence-electron chi connectivity index (χ4n) is 3.01. The summed E-state index contributed by atoms with van der Waals surface area (Å²) in [6, 6.07) is 5.92. The number of aromatic amines is 3. The molecule has 1 aromatic carbocycles. The van der Waals surface area contributed by atoms with Gasteiger partial charge in [-0.2, -0.15) is 5.10 Å². The van der Waals surface area contributed by atoms with E-state index in [1.165, 1.54) is 12.1 Å². The van der Waals surface area contributed by atoms with Gasteiger partial charge in [-0.1, -0.05) is 12.1 Å². The number of nitrogens with one attached hydrogen (secondary N) is 4. The molecule has 0 unspecified atom stereocenters. The van der Waals surface area contributed by atoms with E-state index in [1.807, 2.05) is 6.92 Å². The van der Waals surface area contributed by atoms with Crippen molar-refractivity contribution in [3.8, 4) is 0 Å². The Hall–Kier alpha value is -3.16. The van der Waals surface area contributed by atoms with E-state index in [4.69, 9.17) is 0 Å². The van der Waals surface area contributed by atoms with Crippen molar-refractivity contribution in [3.63, 3.8) is 0 Å². The van der Waals surface area contributed by atoms with Crippen LogP contribution < -0.4 is 16.6 Å². The maximum absolute atomic E-state index is 13.3. The van der Waals surface area contributed by atoms with Crippen LogP contribution in [-0.4, -0.2) is 20.2 Å². The van der Waals surface area contributed by atoms with Gasteiger partial charge in [-0.3, -0.25) is 19.9 Å². The van der Waals surface area contributed by atoms with Gasteiger partial charge in [0.2, 0.25) is 0 Å². The summed E-state index contributed by atoms with van der Waals surface area (Å²) in [4.78, 5) is 28.7. The molecule has 4 rings (SSSR count). The summed E-state index contributed by atoms with van der Waals surface area (Å²) in [6.07, 6.45) is 0. The Labute approximate surface area is 128 Å². The highest BCUT2D eigenvalue weighted by molar-refractivity contribution is 5.71. The second kappa shape index (κ2) is 4.67. The fraction of sp³-hybridized carbons (Fsp3) is 0.133. The lowest BCUT2D eigenvalue weighted by Gasteiger charge is -2.25. The van der Waals surface area contributed by atoms with E-state index in [0.717, 1.165) is 16.8 Å². The van der Waals surface area contributed by atoms with Gasteiger partial charge >= 0.3 is 5.69 Å². The molecular formula is C15H12FN5O2. The first-order chi connectivity index (χ1) is 11.0. The lowest BCUT2D eigenvalue weighted by molar-refractivity contribution is 0.626. The fourth-order valence-corrected chi connectivity index (χ4v) is 3.01. The molecule has 4 N–H and O–H groups in total. The van der Waals surface area contributed by atoms with Crippen LogP contribution in [0.5, 0.6) is 0 Å². The van der Waals surface area contributed by atoms with Crippen LogP contribution >= 0.6 is 0 Å². The van der Waals surface area contributed by atoms with Crippen LogP contribution in [0, 0.1) is 12.7 Å². The van der Waals surface area contributed by atoms with E-state index in [9.17, 15) is 14.0 Å². The van der Waals surface area contributed by atoms with Crippen molar-refractivity contribution < 1.29 is 4.39 Å². The second-order valence-electron chi connectivity index (χ2n) is 5.42. The zero-order chi connectivity index (χ0) is 16.1. The van der Waals surface area contributed by atoms with Gasteiger partial charge in [0.25, 0.3) is 5.56 Å². The number of hydrogen-bond acceptors (Lipinski definition) is 4. The van der Waals surface area contributed by atoms with Gasteiger partial charge in [0.15, 0.2) is 5.82 Å². The molecule has 3 heterocycles. The average Bonchev–Trinajstić information content (AvgIpc) is 2.87. The molecule has 0 spiro atoms. The average molecular weight is 313 g/mol. The van der Waals surface area contributed by atoms with Gasteiger partial charge in [0.1, 0.15) is 11.6 Å². The minimum atomic E-state index is -0.602. The summed E-state index contributed by atoms with van der Waals surface area (Å²) in [5.74, 6) is 0.0151.